The van der Waals surface area contributed by atoms with Crippen LogP contribution in [0.3, 0.4) is 0 Å². The van der Waals surface area contributed by atoms with Gasteiger partial charge in [-0.25, -0.2) is 0 Å². The van der Waals surface area contributed by atoms with Gasteiger partial charge in [0.05, 0.1) is 17.7 Å². The van der Waals surface area contributed by atoms with Crippen molar-refractivity contribution in [2.45, 2.75) is 13.1 Å². The van der Waals surface area contributed by atoms with E-state index < -0.39 is 28.8 Å². The molecular formula is C18H15F3N2O3S. The van der Waals surface area contributed by atoms with E-state index in [1.165, 1.54) is 37.1 Å². The maximum Gasteiger partial charge on any atom is 0.432 e. The largest absolute Gasteiger partial charge is 0.497 e. The Bertz CT molecular complexity index is 1040. The summed E-state index contributed by atoms with van der Waals surface area (Å²) in [6.45, 7) is 1.89. The van der Waals surface area contributed by atoms with E-state index in [2.05, 4.69) is 10.3 Å². The molecule has 0 atom stereocenters. The quantitative estimate of drug-likeness (QED) is 0.828. The van der Waals surface area contributed by atoms with Crippen molar-refractivity contribution in [1.82, 2.24) is 10.3 Å². The summed E-state index contributed by atoms with van der Waals surface area (Å²) in [7, 11) is 1.37. The van der Waals surface area contributed by atoms with Crippen LogP contribution in [0.5, 0.6) is 5.75 Å². The summed E-state index contributed by atoms with van der Waals surface area (Å²) in [6.07, 6.45) is -1.55. The van der Waals surface area contributed by atoms with Gasteiger partial charge in [-0.2, -0.15) is 13.2 Å². The molecule has 0 saturated carbocycles. The number of ether oxygens (including phenoxy) is 1. The number of hydrogen-bond donors (Lipinski definition) is 2. The lowest BCUT2D eigenvalue weighted by atomic mass is 10.1. The molecule has 5 nitrogen and oxygen atoms in total. The highest BCUT2D eigenvalue weighted by Crippen LogP contribution is 2.31. The molecule has 2 N–H and O–H groups in total. The number of amides is 1. The summed E-state index contributed by atoms with van der Waals surface area (Å²) in [6, 6.07) is 4.03. The van der Waals surface area contributed by atoms with Crippen LogP contribution in [-0.4, -0.2) is 23.8 Å². The molecule has 0 unspecified atom stereocenters. The Labute approximate surface area is 156 Å². The molecule has 1 aliphatic heterocycles. The standard InChI is InChI=1S/C18H15F3N2O3S/c1-9-3-6-13(27-8-9)23-17(25)14-15(24)11-7-10(26-2)4-5-12(11)22-16(14)18(19,20)21/h3-7H,8H2,1-2H3,(H,22,24)(H,23,25). The number of carbonyl (C=O) groups excluding carboxylic acids is 1. The lowest BCUT2D eigenvalue weighted by molar-refractivity contribution is -0.141. The molecule has 0 spiro atoms. The van der Waals surface area contributed by atoms with Gasteiger partial charge in [0.25, 0.3) is 5.91 Å². The molecule has 0 fully saturated rings. The Morgan fingerprint density at radius 1 is 1.30 bits per heavy atom. The number of H-pyrrole nitrogens is 1. The minimum atomic E-state index is -4.90. The first-order valence-electron chi connectivity index (χ1n) is 7.83. The van der Waals surface area contributed by atoms with Crippen molar-refractivity contribution in [2.75, 3.05) is 12.9 Å². The fourth-order valence-electron chi connectivity index (χ4n) is 2.58. The lowest BCUT2D eigenvalue weighted by Gasteiger charge is -2.16. The van der Waals surface area contributed by atoms with E-state index in [1.807, 2.05) is 6.92 Å². The van der Waals surface area contributed by atoms with Gasteiger partial charge in [0.1, 0.15) is 17.0 Å². The van der Waals surface area contributed by atoms with Gasteiger partial charge in [-0.3, -0.25) is 9.59 Å². The number of hydrogen-bond acceptors (Lipinski definition) is 4. The van der Waals surface area contributed by atoms with Gasteiger partial charge in [-0.1, -0.05) is 11.6 Å². The normalized spacial score (nSPS) is 14.6. The molecule has 1 aromatic carbocycles. The molecule has 3 rings (SSSR count). The van der Waals surface area contributed by atoms with Crippen molar-refractivity contribution >= 4 is 28.6 Å². The van der Waals surface area contributed by atoms with Crippen LogP contribution in [0.15, 0.2) is 45.7 Å². The molecule has 1 aromatic heterocycles. The first kappa shape index (κ1) is 19.1. The number of thioether (sulfide) groups is 1. The Balaban J connectivity index is 2.15. The van der Waals surface area contributed by atoms with E-state index in [0.717, 1.165) is 5.57 Å². The summed E-state index contributed by atoms with van der Waals surface area (Å²) < 4.78 is 45.5. The number of fused-ring (bicyclic) bond motifs is 1. The summed E-state index contributed by atoms with van der Waals surface area (Å²) in [5.41, 5.74) is -2.34. The molecular weight excluding hydrogens is 381 g/mol. The van der Waals surface area contributed by atoms with E-state index in [9.17, 15) is 22.8 Å². The zero-order chi connectivity index (χ0) is 19.8. The predicted octanol–water partition coefficient (Wildman–Crippen LogP) is 3.82. The third-order valence-corrected chi connectivity index (χ3v) is 5.08. The Hall–Kier alpha value is -2.68. The molecule has 0 saturated heterocycles. The number of allylic oxidation sites excluding steroid dienone is 2. The highest BCUT2D eigenvalue weighted by Gasteiger charge is 2.38. The van der Waals surface area contributed by atoms with Crippen molar-refractivity contribution in [2.24, 2.45) is 0 Å². The minimum Gasteiger partial charge on any atom is -0.497 e. The monoisotopic (exact) mass is 396 g/mol. The maximum atomic E-state index is 13.5. The van der Waals surface area contributed by atoms with Crippen LogP contribution < -0.4 is 15.5 Å². The van der Waals surface area contributed by atoms with Crippen molar-refractivity contribution in [3.8, 4) is 5.75 Å². The lowest BCUT2D eigenvalue weighted by Crippen LogP contribution is -2.32. The fourth-order valence-corrected chi connectivity index (χ4v) is 3.39. The minimum absolute atomic E-state index is 0.0329. The average molecular weight is 396 g/mol. The number of methoxy groups -OCH3 is 1. The maximum absolute atomic E-state index is 13.5. The predicted molar refractivity (Wildman–Crippen MR) is 97.9 cm³/mol. The van der Waals surface area contributed by atoms with Crippen LogP contribution >= 0.6 is 11.8 Å². The van der Waals surface area contributed by atoms with Crippen LogP contribution in [0.2, 0.25) is 0 Å². The Morgan fingerprint density at radius 3 is 2.63 bits per heavy atom. The number of pyridine rings is 1. The smallest absolute Gasteiger partial charge is 0.432 e. The number of nitrogens with one attached hydrogen (secondary N) is 2. The van der Waals surface area contributed by atoms with Crippen molar-refractivity contribution < 1.29 is 22.7 Å². The van der Waals surface area contributed by atoms with Crippen molar-refractivity contribution in [1.29, 1.82) is 0 Å². The van der Waals surface area contributed by atoms with Crippen LogP contribution in [0.4, 0.5) is 13.2 Å². The molecule has 27 heavy (non-hydrogen) atoms. The van der Waals surface area contributed by atoms with Crippen LogP contribution in [0.1, 0.15) is 23.0 Å². The molecule has 2 heterocycles. The summed E-state index contributed by atoms with van der Waals surface area (Å²) in [5.74, 6) is -0.214. The molecule has 142 valence electrons. The van der Waals surface area contributed by atoms with E-state index in [0.29, 0.717) is 16.5 Å². The van der Waals surface area contributed by atoms with Crippen LogP contribution in [-0.2, 0) is 6.18 Å². The number of benzene rings is 1. The van der Waals surface area contributed by atoms with Gasteiger partial charge < -0.3 is 15.0 Å². The van der Waals surface area contributed by atoms with Gasteiger partial charge in [0.2, 0.25) is 5.43 Å². The van der Waals surface area contributed by atoms with Crippen molar-refractivity contribution in [3.05, 3.63) is 62.4 Å². The average Bonchev–Trinajstić information content (AvgIpc) is 2.62. The third kappa shape index (κ3) is 3.87. The van der Waals surface area contributed by atoms with Gasteiger partial charge >= 0.3 is 6.18 Å². The zero-order valence-corrected chi connectivity index (χ0v) is 15.2. The topological polar surface area (TPSA) is 71.2 Å². The van der Waals surface area contributed by atoms with Crippen LogP contribution in [0.25, 0.3) is 10.9 Å². The second-order valence-electron chi connectivity index (χ2n) is 5.90. The second kappa shape index (κ2) is 7.15. The first-order valence-corrected chi connectivity index (χ1v) is 8.82. The number of alkyl halides is 3. The molecule has 0 aliphatic carbocycles. The summed E-state index contributed by atoms with van der Waals surface area (Å²) in [4.78, 5) is 27.4. The molecule has 2 aromatic rings. The first-order chi connectivity index (χ1) is 12.7. The Kier molecular flexibility index (Phi) is 5.05. The molecule has 1 aliphatic rings. The SMILES string of the molecule is COc1ccc2[nH]c(C(F)(F)F)c(C(=O)NC3=CC=C(C)CS3)c(=O)c2c1. The van der Waals surface area contributed by atoms with Crippen LogP contribution in [0, 0.1) is 0 Å². The summed E-state index contributed by atoms with van der Waals surface area (Å²) in [5, 5.41) is 2.71. The van der Waals surface area contributed by atoms with E-state index in [-0.39, 0.29) is 10.9 Å². The highest BCUT2D eigenvalue weighted by molar-refractivity contribution is 8.03. The fraction of sp³-hybridized carbons (Fsp3) is 0.222. The zero-order valence-electron chi connectivity index (χ0n) is 14.4. The third-order valence-electron chi connectivity index (χ3n) is 3.93. The molecule has 0 radical (unpaired) electrons. The second-order valence-corrected chi connectivity index (χ2v) is 6.92. The number of aromatic nitrogens is 1. The number of aromatic amines is 1. The summed E-state index contributed by atoms with van der Waals surface area (Å²) >= 11 is 1.27. The Morgan fingerprint density at radius 2 is 2.04 bits per heavy atom. The van der Waals surface area contributed by atoms with E-state index >= 15 is 0 Å². The number of carbonyl (C=O) groups is 1. The van der Waals surface area contributed by atoms with Gasteiger partial charge in [0, 0.05) is 11.1 Å². The highest BCUT2D eigenvalue weighted by atomic mass is 32.2. The van der Waals surface area contributed by atoms with Gasteiger partial charge in [-0.15, -0.1) is 11.8 Å². The van der Waals surface area contributed by atoms with E-state index in [1.54, 1.807) is 12.2 Å². The molecule has 1 amide bonds. The van der Waals surface area contributed by atoms with Crippen molar-refractivity contribution in [3.63, 3.8) is 0 Å². The van der Waals surface area contributed by atoms with E-state index in [4.69, 9.17) is 4.74 Å². The molecule has 9 heteroatoms. The number of halogens is 3. The van der Waals surface area contributed by atoms with Gasteiger partial charge in [-0.05, 0) is 31.2 Å². The van der Waals surface area contributed by atoms with Gasteiger partial charge in [0.15, 0.2) is 0 Å². The number of rotatable bonds is 3. The molecule has 0 bridgehead atoms.